The first kappa shape index (κ1) is 24.7. The predicted octanol–water partition coefficient (Wildman–Crippen LogP) is 9.75. The molecule has 7 aromatic rings. The van der Waals surface area contributed by atoms with Gasteiger partial charge in [-0.1, -0.05) is 61.5 Å². The summed E-state index contributed by atoms with van der Waals surface area (Å²) in [5.74, 6) is 1.25. The molecular formula is C34H24O2W. The van der Waals surface area contributed by atoms with E-state index in [4.69, 9.17) is 8.83 Å². The molecule has 0 bridgehead atoms. The molecule has 2 aromatic heterocycles. The molecule has 0 atom stereocenters. The van der Waals surface area contributed by atoms with E-state index in [-0.39, 0.29) is 21.1 Å². The summed E-state index contributed by atoms with van der Waals surface area (Å²) in [5, 5.41) is 4.55. The molecule has 0 amide bonds. The molecule has 0 aliphatic carbocycles. The minimum absolute atomic E-state index is 0. The Balaban J connectivity index is 0.000000913. The largest absolute Gasteiger partial charge is 2.00 e. The van der Waals surface area contributed by atoms with Gasteiger partial charge in [-0.25, -0.2) is 0 Å². The predicted molar refractivity (Wildman–Crippen MR) is 150 cm³/mol. The van der Waals surface area contributed by atoms with Crippen LogP contribution in [0.4, 0.5) is 0 Å². The third-order valence-electron chi connectivity index (χ3n) is 6.82. The third-order valence-corrected chi connectivity index (χ3v) is 6.82. The van der Waals surface area contributed by atoms with Gasteiger partial charge >= 0.3 is 21.1 Å². The number of fused-ring (bicyclic) bond motifs is 6. The molecule has 0 aliphatic heterocycles. The molecule has 0 spiro atoms. The van der Waals surface area contributed by atoms with Crippen molar-refractivity contribution in [2.24, 2.45) is 0 Å². The van der Waals surface area contributed by atoms with Crippen LogP contribution in [-0.2, 0) is 21.1 Å². The van der Waals surface area contributed by atoms with Gasteiger partial charge in [-0.15, -0.1) is 41.3 Å². The SMILES string of the molecule is C[C-](c1ccccc1)c1ccc2oc3ccc(-c4ccc5oc6ccccc6c5c4)cc3c2c1.[CH-]=C.[W+2]. The van der Waals surface area contributed by atoms with E-state index in [1.165, 1.54) is 22.6 Å². The van der Waals surface area contributed by atoms with Crippen LogP contribution in [0.1, 0.15) is 18.1 Å². The van der Waals surface area contributed by atoms with Crippen molar-refractivity contribution >= 4 is 43.9 Å². The van der Waals surface area contributed by atoms with Gasteiger partial charge in [0.25, 0.3) is 0 Å². The summed E-state index contributed by atoms with van der Waals surface area (Å²) in [7, 11) is 0. The van der Waals surface area contributed by atoms with Crippen LogP contribution in [0.3, 0.4) is 0 Å². The van der Waals surface area contributed by atoms with Crippen LogP contribution in [0, 0.1) is 12.5 Å². The zero-order valence-corrected chi connectivity index (χ0v) is 23.3. The van der Waals surface area contributed by atoms with E-state index in [1.807, 2.05) is 12.1 Å². The molecule has 0 aliphatic rings. The zero-order valence-electron chi connectivity index (χ0n) is 20.4. The minimum Gasteiger partial charge on any atom is -0.521 e. The fourth-order valence-corrected chi connectivity index (χ4v) is 4.95. The van der Waals surface area contributed by atoms with Crippen molar-refractivity contribution in [3.63, 3.8) is 0 Å². The first-order chi connectivity index (χ1) is 17.7. The van der Waals surface area contributed by atoms with Crippen molar-refractivity contribution < 1.29 is 29.9 Å². The monoisotopic (exact) mass is 648 g/mol. The van der Waals surface area contributed by atoms with Crippen LogP contribution in [0.25, 0.3) is 55.0 Å². The van der Waals surface area contributed by atoms with Crippen LogP contribution in [0.2, 0.25) is 0 Å². The summed E-state index contributed by atoms with van der Waals surface area (Å²) in [6, 6.07) is 38.1. The standard InChI is InChI=1S/C32H21O2.C2H3.W/c1-20(21-7-3-2-4-8-21)22-11-14-31-27(17-22)28-19-24(13-16-32(28)34-31)23-12-15-30-26(18-23)25-9-5-6-10-29(25)33-30;1-2;/h2-19H,1H3;1H,2H2;/q2*-1;+2. The maximum atomic E-state index is 6.17. The van der Waals surface area contributed by atoms with Crippen molar-refractivity contribution in [1.82, 2.24) is 0 Å². The summed E-state index contributed by atoms with van der Waals surface area (Å²) in [4.78, 5) is 0. The van der Waals surface area contributed by atoms with E-state index in [2.05, 4.69) is 117 Å². The molecule has 178 valence electrons. The van der Waals surface area contributed by atoms with E-state index >= 15 is 0 Å². The molecule has 3 heteroatoms. The number of hydrogen-bond acceptors (Lipinski definition) is 2. The molecule has 0 fully saturated rings. The minimum atomic E-state index is 0. The number of para-hydroxylation sites is 1. The second kappa shape index (κ2) is 10.2. The molecular weight excluding hydrogens is 624 g/mol. The smallest absolute Gasteiger partial charge is 0.521 e. The van der Waals surface area contributed by atoms with Crippen LogP contribution in [0.5, 0.6) is 0 Å². The van der Waals surface area contributed by atoms with Crippen molar-refractivity contribution in [3.8, 4) is 11.1 Å². The Morgan fingerprint density at radius 1 is 0.514 bits per heavy atom. The van der Waals surface area contributed by atoms with Crippen LogP contribution < -0.4 is 0 Å². The normalized spacial score (nSPS) is 10.8. The Morgan fingerprint density at radius 2 is 1.00 bits per heavy atom. The quantitative estimate of drug-likeness (QED) is 0.179. The molecule has 0 radical (unpaired) electrons. The summed E-state index contributed by atoms with van der Waals surface area (Å²) in [6.45, 7) is 9.18. The maximum Gasteiger partial charge on any atom is 2.00 e. The van der Waals surface area contributed by atoms with E-state index in [9.17, 15) is 0 Å². The van der Waals surface area contributed by atoms with Crippen molar-refractivity contribution in [2.45, 2.75) is 6.92 Å². The number of rotatable bonds is 3. The molecule has 2 nitrogen and oxygen atoms in total. The van der Waals surface area contributed by atoms with Crippen LogP contribution >= 0.6 is 0 Å². The van der Waals surface area contributed by atoms with Gasteiger partial charge in [0, 0.05) is 16.2 Å². The average molecular weight is 648 g/mol. The molecule has 0 unspecified atom stereocenters. The van der Waals surface area contributed by atoms with E-state index in [0.29, 0.717) is 0 Å². The van der Waals surface area contributed by atoms with Gasteiger partial charge in [0.1, 0.15) is 22.3 Å². The Morgan fingerprint density at radius 3 is 1.65 bits per heavy atom. The first-order valence-corrected chi connectivity index (χ1v) is 11.9. The van der Waals surface area contributed by atoms with Crippen LogP contribution in [0.15, 0.2) is 125 Å². The maximum absolute atomic E-state index is 6.17. The van der Waals surface area contributed by atoms with Gasteiger partial charge in [0.15, 0.2) is 0 Å². The molecule has 0 N–H and O–H groups in total. The summed E-state index contributed by atoms with van der Waals surface area (Å²) < 4.78 is 12.2. The van der Waals surface area contributed by atoms with Gasteiger partial charge in [-0.05, 0) is 46.8 Å². The first-order valence-electron chi connectivity index (χ1n) is 11.9. The Kier molecular flexibility index (Phi) is 6.78. The number of benzene rings is 5. The number of furan rings is 2. The molecule has 2 heterocycles. The molecule has 0 saturated carbocycles. The van der Waals surface area contributed by atoms with Gasteiger partial charge in [-0.2, -0.15) is 0 Å². The van der Waals surface area contributed by atoms with E-state index < -0.39 is 0 Å². The molecule has 7 rings (SSSR count). The Bertz CT molecular complexity index is 1840. The van der Waals surface area contributed by atoms with Crippen molar-refractivity contribution in [1.29, 1.82) is 0 Å². The fraction of sp³-hybridized carbons (Fsp3) is 0.0294. The Hall–Kier alpha value is -4.00. The molecule has 5 aromatic carbocycles. The van der Waals surface area contributed by atoms with Gasteiger partial charge in [-0.3, -0.25) is 6.58 Å². The van der Waals surface area contributed by atoms with Gasteiger partial charge in [0.05, 0.1) is 0 Å². The second-order valence-electron chi connectivity index (χ2n) is 8.82. The van der Waals surface area contributed by atoms with Crippen molar-refractivity contribution in [3.05, 3.63) is 139 Å². The van der Waals surface area contributed by atoms with Crippen LogP contribution in [-0.4, -0.2) is 0 Å². The fourth-order valence-electron chi connectivity index (χ4n) is 4.95. The average Bonchev–Trinajstić information content (AvgIpc) is 3.51. The summed E-state index contributed by atoms with van der Waals surface area (Å²) >= 11 is 0. The molecule has 37 heavy (non-hydrogen) atoms. The Labute approximate surface area is 230 Å². The van der Waals surface area contributed by atoms with Gasteiger partial charge < -0.3 is 15.4 Å². The van der Waals surface area contributed by atoms with E-state index in [1.54, 1.807) is 0 Å². The topological polar surface area (TPSA) is 26.3 Å². The van der Waals surface area contributed by atoms with E-state index in [0.717, 1.165) is 49.4 Å². The third kappa shape index (κ3) is 4.28. The zero-order chi connectivity index (χ0) is 24.6. The van der Waals surface area contributed by atoms with Gasteiger partial charge in [0.2, 0.25) is 0 Å². The van der Waals surface area contributed by atoms with Crippen molar-refractivity contribution in [2.75, 3.05) is 0 Å². The number of hydrogen-bond donors (Lipinski definition) is 0. The molecule has 0 saturated heterocycles. The second-order valence-corrected chi connectivity index (χ2v) is 8.82. The summed E-state index contributed by atoms with van der Waals surface area (Å²) in [5.41, 5.74) is 8.42. The summed E-state index contributed by atoms with van der Waals surface area (Å²) in [6.07, 6.45) is 0.